The molecule has 0 spiro atoms. The van der Waals surface area contributed by atoms with Gasteiger partial charge in [0.05, 0.1) is 23.8 Å². The Hall–Kier alpha value is -0.910. The number of piperazine rings is 1. The molecule has 0 bridgehead atoms. The Morgan fingerprint density at radius 2 is 1.90 bits per heavy atom. The summed E-state index contributed by atoms with van der Waals surface area (Å²) in [5.41, 5.74) is 2.92. The van der Waals surface area contributed by atoms with E-state index in [-0.39, 0.29) is 5.54 Å². The SMILES string of the molecule is Cn1cnc2c1CNCC2N1CCN(C(C)(C)C)CC1. The average Bonchev–Trinajstić information content (AvgIpc) is 2.80. The molecule has 1 saturated heterocycles. The summed E-state index contributed by atoms with van der Waals surface area (Å²) < 4.78 is 2.15. The maximum absolute atomic E-state index is 4.65. The molecule has 3 rings (SSSR count). The van der Waals surface area contributed by atoms with E-state index >= 15 is 0 Å². The predicted molar refractivity (Wildman–Crippen MR) is 80.6 cm³/mol. The summed E-state index contributed by atoms with van der Waals surface area (Å²) in [5.74, 6) is 0. The summed E-state index contributed by atoms with van der Waals surface area (Å²) in [5, 5.41) is 3.54. The Balaban J connectivity index is 1.70. The van der Waals surface area contributed by atoms with Crippen molar-refractivity contribution < 1.29 is 0 Å². The highest BCUT2D eigenvalue weighted by Gasteiger charge is 2.33. The topological polar surface area (TPSA) is 36.3 Å². The molecule has 2 aliphatic rings. The molecule has 5 heteroatoms. The van der Waals surface area contributed by atoms with Crippen molar-refractivity contribution in [3.63, 3.8) is 0 Å². The van der Waals surface area contributed by atoms with Gasteiger partial charge < -0.3 is 9.88 Å². The van der Waals surface area contributed by atoms with E-state index in [2.05, 4.69) is 52.5 Å². The summed E-state index contributed by atoms with van der Waals surface area (Å²) >= 11 is 0. The molecule has 2 aliphatic heterocycles. The monoisotopic (exact) mass is 277 g/mol. The minimum Gasteiger partial charge on any atom is -0.336 e. The zero-order valence-corrected chi connectivity index (χ0v) is 13.2. The van der Waals surface area contributed by atoms with Crippen molar-refractivity contribution in [1.29, 1.82) is 0 Å². The highest BCUT2D eigenvalue weighted by atomic mass is 15.3. The Bertz CT molecular complexity index is 465. The number of imidazole rings is 1. The first-order valence-corrected chi connectivity index (χ1v) is 7.67. The molecule has 5 nitrogen and oxygen atoms in total. The van der Waals surface area contributed by atoms with Crippen LogP contribution >= 0.6 is 0 Å². The molecule has 0 aromatic carbocycles. The summed E-state index contributed by atoms with van der Waals surface area (Å²) in [6.45, 7) is 13.5. The molecule has 0 aliphatic carbocycles. The molecule has 1 unspecified atom stereocenters. The molecule has 0 radical (unpaired) electrons. The molecule has 1 aromatic heterocycles. The van der Waals surface area contributed by atoms with Crippen LogP contribution in [0.3, 0.4) is 0 Å². The molecule has 1 aromatic rings. The third-order valence-electron chi connectivity index (χ3n) is 4.74. The van der Waals surface area contributed by atoms with Gasteiger partial charge >= 0.3 is 0 Å². The second-order valence-electron chi connectivity index (χ2n) is 7.03. The number of rotatable bonds is 1. The molecule has 1 fully saturated rings. The minimum absolute atomic E-state index is 0.285. The first-order chi connectivity index (χ1) is 9.47. The maximum atomic E-state index is 4.65. The molecule has 20 heavy (non-hydrogen) atoms. The first kappa shape index (κ1) is 14.0. The summed E-state index contributed by atoms with van der Waals surface area (Å²) in [6.07, 6.45) is 1.95. The van der Waals surface area contributed by atoms with Gasteiger partial charge in [-0.2, -0.15) is 0 Å². The standard InChI is InChI=1S/C15H27N5/c1-15(2,3)20-7-5-19(6-8-20)13-10-16-9-12-14(13)17-11-18(12)4/h11,13,16H,5-10H2,1-4H3. The Morgan fingerprint density at radius 3 is 2.55 bits per heavy atom. The lowest BCUT2D eigenvalue weighted by atomic mass is 10.0. The van der Waals surface area contributed by atoms with E-state index in [9.17, 15) is 0 Å². The van der Waals surface area contributed by atoms with Gasteiger partial charge in [0.25, 0.3) is 0 Å². The highest BCUT2D eigenvalue weighted by molar-refractivity contribution is 5.21. The molecular formula is C15H27N5. The highest BCUT2D eigenvalue weighted by Crippen LogP contribution is 2.27. The van der Waals surface area contributed by atoms with Gasteiger partial charge in [-0.15, -0.1) is 0 Å². The summed E-state index contributed by atoms with van der Waals surface area (Å²) in [6, 6.07) is 0.446. The Labute approximate surface area is 122 Å². The van der Waals surface area contributed by atoms with Crippen LogP contribution in [-0.4, -0.2) is 57.6 Å². The van der Waals surface area contributed by atoms with Crippen LogP contribution in [0.25, 0.3) is 0 Å². The smallest absolute Gasteiger partial charge is 0.0950 e. The van der Waals surface area contributed by atoms with Crippen molar-refractivity contribution in [2.75, 3.05) is 32.7 Å². The molecule has 0 amide bonds. The van der Waals surface area contributed by atoms with Crippen LogP contribution in [0, 0.1) is 0 Å². The molecule has 1 atom stereocenters. The van der Waals surface area contributed by atoms with Crippen molar-refractivity contribution in [2.45, 2.75) is 38.9 Å². The van der Waals surface area contributed by atoms with Crippen LogP contribution < -0.4 is 5.32 Å². The van der Waals surface area contributed by atoms with E-state index in [1.165, 1.54) is 11.4 Å². The van der Waals surface area contributed by atoms with Crippen LogP contribution in [0.15, 0.2) is 6.33 Å². The number of hydrogen-bond acceptors (Lipinski definition) is 4. The van der Waals surface area contributed by atoms with Crippen molar-refractivity contribution >= 4 is 0 Å². The molecule has 1 N–H and O–H groups in total. The van der Waals surface area contributed by atoms with Crippen LogP contribution in [0.5, 0.6) is 0 Å². The number of fused-ring (bicyclic) bond motifs is 1. The number of nitrogens with zero attached hydrogens (tertiary/aromatic N) is 4. The number of nitrogens with one attached hydrogen (secondary N) is 1. The van der Waals surface area contributed by atoms with Crippen molar-refractivity contribution in [1.82, 2.24) is 24.7 Å². The van der Waals surface area contributed by atoms with Crippen LogP contribution in [0.4, 0.5) is 0 Å². The van der Waals surface area contributed by atoms with Gasteiger partial charge in [-0.25, -0.2) is 4.98 Å². The fraction of sp³-hybridized carbons (Fsp3) is 0.800. The van der Waals surface area contributed by atoms with E-state index in [0.29, 0.717) is 6.04 Å². The van der Waals surface area contributed by atoms with Gasteiger partial charge in [0.15, 0.2) is 0 Å². The predicted octanol–water partition coefficient (Wildman–Crippen LogP) is 0.981. The van der Waals surface area contributed by atoms with Gasteiger partial charge in [-0.3, -0.25) is 9.80 Å². The van der Waals surface area contributed by atoms with Gasteiger partial charge in [0, 0.05) is 51.9 Å². The lowest BCUT2D eigenvalue weighted by Gasteiger charge is -2.45. The lowest BCUT2D eigenvalue weighted by Crippen LogP contribution is -2.55. The van der Waals surface area contributed by atoms with Gasteiger partial charge in [0.2, 0.25) is 0 Å². The third-order valence-corrected chi connectivity index (χ3v) is 4.74. The fourth-order valence-electron chi connectivity index (χ4n) is 3.40. The number of aryl methyl sites for hydroxylation is 1. The van der Waals surface area contributed by atoms with Gasteiger partial charge in [-0.05, 0) is 20.8 Å². The molecule has 0 saturated carbocycles. The minimum atomic E-state index is 0.285. The van der Waals surface area contributed by atoms with Crippen LogP contribution in [-0.2, 0) is 13.6 Å². The average molecular weight is 277 g/mol. The first-order valence-electron chi connectivity index (χ1n) is 7.67. The number of aromatic nitrogens is 2. The van der Waals surface area contributed by atoms with Crippen molar-refractivity contribution in [3.8, 4) is 0 Å². The second-order valence-corrected chi connectivity index (χ2v) is 7.03. The van der Waals surface area contributed by atoms with Crippen molar-refractivity contribution in [2.24, 2.45) is 7.05 Å². The zero-order valence-electron chi connectivity index (χ0n) is 13.2. The quantitative estimate of drug-likeness (QED) is 0.830. The Morgan fingerprint density at radius 1 is 1.20 bits per heavy atom. The third kappa shape index (κ3) is 2.50. The van der Waals surface area contributed by atoms with Crippen molar-refractivity contribution in [3.05, 3.63) is 17.7 Å². The Kier molecular flexibility index (Phi) is 3.60. The van der Waals surface area contributed by atoms with Gasteiger partial charge in [-0.1, -0.05) is 0 Å². The van der Waals surface area contributed by atoms with E-state index in [0.717, 1.165) is 39.3 Å². The van der Waals surface area contributed by atoms with E-state index in [4.69, 9.17) is 0 Å². The lowest BCUT2D eigenvalue weighted by molar-refractivity contribution is 0.0389. The van der Waals surface area contributed by atoms with E-state index < -0.39 is 0 Å². The van der Waals surface area contributed by atoms with Gasteiger partial charge in [0.1, 0.15) is 0 Å². The van der Waals surface area contributed by atoms with Crippen LogP contribution in [0.1, 0.15) is 38.2 Å². The molecular weight excluding hydrogens is 250 g/mol. The molecule has 3 heterocycles. The fourth-order valence-corrected chi connectivity index (χ4v) is 3.40. The number of hydrogen-bond donors (Lipinski definition) is 1. The molecule has 112 valence electrons. The normalized spacial score (nSPS) is 25.7. The maximum Gasteiger partial charge on any atom is 0.0950 e. The zero-order chi connectivity index (χ0) is 14.3. The summed E-state index contributed by atoms with van der Waals surface area (Å²) in [4.78, 5) is 9.83. The van der Waals surface area contributed by atoms with Crippen LogP contribution in [0.2, 0.25) is 0 Å². The van der Waals surface area contributed by atoms with E-state index in [1.54, 1.807) is 0 Å². The van der Waals surface area contributed by atoms with E-state index in [1.807, 2.05) is 6.33 Å². The second kappa shape index (κ2) is 5.13. The summed E-state index contributed by atoms with van der Waals surface area (Å²) in [7, 11) is 2.09. The largest absolute Gasteiger partial charge is 0.336 e.